The number of methoxy groups -OCH3 is 1. The molecule has 0 aliphatic carbocycles. The molecule has 0 fully saturated rings. The minimum absolute atomic E-state index is 0.227. The third-order valence-corrected chi connectivity index (χ3v) is 3.77. The van der Waals surface area contributed by atoms with E-state index in [0.29, 0.717) is 36.4 Å². The molecule has 0 unspecified atom stereocenters. The Kier molecular flexibility index (Phi) is 4.77. The summed E-state index contributed by atoms with van der Waals surface area (Å²) in [7, 11) is 1.33. The van der Waals surface area contributed by atoms with Crippen molar-refractivity contribution in [2.45, 2.75) is 13.2 Å². The number of rotatable bonds is 6. The van der Waals surface area contributed by atoms with Crippen LogP contribution >= 0.6 is 0 Å². The molecule has 1 heterocycles. The van der Waals surface area contributed by atoms with Gasteiger partial charge in [-0.05, 0) is 23.8 Å². The summed E-state index contributed by atoms with van der Waals surface area (Å²) in [6.45, 7) is 1.28. The van der Waals surface area contributed by atoms with Crippen LogP contribution in [-0.4, -0.2) is 29.2 Å². The van der Waals surface area contributed by atoms with Crippen LogP contribution in [-0.2, 0) is 22.6 Å². The standard InChI is InChI=1S/C18H18N2O4/c1-23-17(21)14-7-8-15-16(11-14)20(18(22)19-15)9-10-24-12-13-5-3-2-4-6-13/h2-8,11H,9-10,12H2,1H3,(H,19,22). The number of esters is 1. The number of hydrogen-bond donors (Lipinski definition) is 1. The van der Waals surface area contributed by atoms with Gasteiger partial charge in [-0.2, -0.15) is 0 Å². The summed E-state index contributed by atoms with van der Waals surface area (Å²) in [5, 5.41) is 0. The quantitative estimate of drug-likeness (QED) is 0.557. The number of carbonyl (C=O) groups is 1. The monoisotopic (exact) mass is 326 g/mol. The number of H-pyrrole nitrogens is 1. The molecule has 3 rings (SSSR count). The smallest absolute Gasteiger partial charge is 0.337 e. The maximum atomic E-state index is 12.1. The maximum absolute atomic E-state index is 12.1. The van der Waals surface area contributed by atoms with Crippen molar-refractivity contribution in [3.63, 3.8) is 0 Å². The lowest BCUT2D eigenvalue weighted by molar-refractivity contribution is 0.0601. The average molecular weight is 326 g/mol. The Hall–Kier alpha value is -2.86. The van der Waals surface area contributed by atoms with Crippen LogP contribution < -0.4 is 5.69 Å². The lowest BCUT2D eigenvalue weighted by Gasteiger charge is -2.06. The molecule has 0 saturated carbocycles. The second-order valence-corrected chi connectivity index (χ2v) is 5.34. The van der Waals surface area contributed by atoms with E-state index in [0.717, 1.165) is 5.56 Å². The minimum Gasteiger partial charge on any atom is -0.465 e. The molecule has 1 aromatic heterocycles. The van der Waals surface area contributed by atoms with Crippen molar-refractivity contribution in [2.24, 2.45) is 0 Å². The SMILES string of the molecule is COC(=O)c1ccc2[nH]c(=O)n(CCOCc3ccccc3)c2c1. The Morgan fingerprint density at radius 1 is 1.17 bits per heavy atom. The highest BCUT2D eigenvalue weighted by Crippen LogP contribution is 2.14. The van der Waals surface area contributed by atoms with Crippen molar-refractivity contribution in [1.82, 2.24) is 9.55 Å². The number of hydrogen-bond acceptors (Lipinski definition) is 4. The van der Waals surface area contributed by atoms with Crippen LogP contribution in [0.1, 0.15) is 15.9 Å². The summed E-state index contributed by atoms with van der Waals surface area (Å²) < 4.78 is 11.9. The Labute approximate surface area is 138 Å². The number of fused-ring (bicyclic) bond motifs is 1. The molecule has 0 amide bonds. The number of carbonyl (C=O) groups excluding carboxylic acids is 1. The summed E-state index contributed by atoms with van der Waals surface area (Å²) >= 11 is 0. The van der Waals surface area contributed by atoms with Crippen LogP contribution in [0.5, 0.6) is 0 Å². The van der Waals surface area contributed by atoms with Gasteiger partial charge in [0, 0.05) is 0 Å². The number of nitrogens with zero attached hydrogens (tertiary/aromatic N) is 1. The zero-order valence-corrected chi connectivity index (χ0v) is 13.3. The van der Waals surface area contributed by atoms with Gasteiger partial charge >= 0.3 is 11.7 Å². The summed E-state index contributed by atoms with van der Waals surface area (Å²) in [5.74, 6) is -0.433. The second-order valence-electron chi connectivity index (χ2n) is 5.34. The maximum Gasteiger partial charge on any atom is 0.337 e. The van der Waals surface area contributed by atoms with E-state index in [9.17, 15) is 9.59 Å². The first-order chi connectivity index (χ1) is 11.7. The Morgan fingerprint density at radius 2 is 1.96 bits per heavy atom. The second kappa shape index (κ2) is 7.14. The topological polar surface area (TPSA) is 73.3 Å². The van der Waals surface area contributed by atoms with Crippen molar-refractivity contribution >= 4 is 17.0 Å². The van der Waals surface area contributed by atoms with Gasteiger partial charge in [-0.1, -0.05) is 30.3 Å². The molecule has 124 valence electrons. The fourth-order valence-corrected chi connectivity index (χ4v) is 2.54. The summed E-state index contributed by atoms with van der Waals surface area (Å²) in [4.78, 5) is 26.5. The minimum atomic E-state index is -0.433. The van der Waals surface area contributed by atoms with E-state index >= 15 is 0 Å². The van der Waals surface area contributed by atoms with Gasteiger partial charge in [-0.25, -0.2) is 9.59 Å². The van der Waals surface area contributed by atoms with Gasteiger partial charge in [0.15, 0.2) is 0 Å². The molecular formula is C18H18N2O4. The van der Waals surface area contributed by atoms with Crippen molar-refractivity contribution in [2.75, 3.05) is 13.7 Å². The van der Waals surface area contributed by atoms with Crippen molar-refractivity contribution < 1.29 is 14.3 Å². The Balaban J connectivity index is 1.72. The predicted molar refractivity (Wildman–Crippen MR) is 90.0 cm³/mol. The zero-order valence-electron chi connectivity index (χ0n) is 13.3. The highest BCUT2D eigenvalue weighted by Gasteiger charge is 2.11. The predicted octanol–water partition coefficient (Wildman–Crippen LogP) is 2.33. The molecule has 24 heavy (non-hydrogen) atoms. The van der Waals surface area contributed by atoms with Crippen LogP contribution in [0.25, 0.3) is 11.0 Å². The lowest BCUT2D eigenvalue weighted by Crippen LogP contribution is -2.19. The van der Waals surface area contributed by atoms with E-state index in [1.807, 2.05) is 30.3 Å². The van der Waals surface area contributed by atoms with E-state index in [4.69, 9.17) is 9.47 Å². The lowest BCUT2D eigenvalue weighted by atomic mass is 10.2. The molecule has 0 radical (unpaired) electrons. The van der Waals surface area contributed by atoms with Gasteiger partial charge in [-0.15, -0.1) is 0 Å². The van der Waals surface area contributed by atoms with Gasteiger partial charge in [0.05, 0.1) is 43.5 Å². The third-order valence-electron chi connectivity index (χ3n) is 3.77. The van der Waals surface area contributed by atoms with Crippen LogP contribution in [0.15, 0.2) is 53.3 Å². The highest BCUT2D eigenvalue weighted by atomic mass is 16.5. The van der Waals surface area contributed by atoms with Gasteiger partial charge in [-0.3, -0.25) is 4.57 Å². The molecule has 2 aromatic carbocycles. The van der Waals surface area contributed by atoms with Gasteiger partial charge < -0.3 is 14.5 Å². The van der Waals surface area contributed by atoms with Crippen molar-refractivity contribution in [1.29, 1.82) is 0 Å². The molecule has 3 aromatic rings. The van der Waals surface area contributed by atoms with Crippen LogP contribution in [0.3, 0.4) is 0 Å². The molecule has 0 aliphatic rings. The summed E-state index contributed by atoms with van der Waals surface area (Å²) in [5.41, 5.74) is 2.59. The molecule has 0 saturated heterocycles. The van der Waals surface area contributed by atoms with Gasteiger partial charge in [0.25, 0.3) is 0 Å². The van der Waals surface area contributed by atoms with Gasteiger partial charge in [0.1, 0.15) is 0 Å². The van der Waals surface area contributed by atoms with Gasteiger partial charge in [0.2, 0.25) is 0 Å². The fourth-order valence-electron chi connectivity index (χ4n) is 2.54. The molecule has 6 heteroatoms. The molecule has 0 aliphatic heterocycles. The van der Waals surface area contributed by atoms with E-state index in [1.54, 1.807) is 22.8 Å². The number of benzene rings is 2. The van der Waals surface area contributed by atoms with E-state index in [-0.39, 0.29) is 5.69 Å². The summed E-state index contributed by atoms with van der Waals surface area (Å²) in [6.07, 6.45) is 0. The normalized spacial score (nSPS) is 10.9. The van der Waals surface area contributed by atoms with Crippen LogP contribution in [0.2, 0.25) is 0 Å². The largest absolute Gasteiger partial charge is 0.465 e. The zero-order chi connectivity index (χ0) is 16.9. The van der Waals surface area contributed by atoms with Crippen molar-refractivity contribution in [3.05, 3.63) is 70.1 Å². The highest BCUT2D eigenvalue weighted by molar-refractivity contribution is 5.93. The molecular weight excluding hydrogens is 308 g/mol. The summed E-state index contributed by atoms with van der Waals surface area (Å²) in [6, 6.07) is 14.8. The molecule has 0 bridgehead atoms. The number of aromatic nitrogens is 2. The first kappa shape index (κ1) is 16.0. The average Bonchev–Trinajstić information content (AvgIpc) is 2.93. The number of imidazole rings is 1. The molecule has 0 atom stereocenters. The third kappa shape index (κ3) is 3.38. The number of ether oxygens (including phenoxy) is 2. The van der Waals surface area contributed by atoms with Crippen LogP contribution in [0.4, 0.5) is 0 Å². The van der Waals surface area contributed by atoms with E-state index in [1.165, 1.54) is 7.11 Å². The number of aromatic amines is 1. The fraction of sp³-hybridized carbons (Fsp3) is 0.222. The van der Waals surface area contributed by atoms with Crippen molar-refractivity contribution in [3.8, 4) is 0 Å². The first-order valence-electron chi connectivity index (χ1n) is 7.61. The van der Waals surface area contributed by atoms with Crippen LogP contribution in [0, 0.1) is 0 Å². The Bertz CT molecular complexity index is 896. The number of nitrogens with one attached hydrogen (secondary N) is 1. The molecule has 0 spiro atoms. The van der Waals surface area contributed by atoms with E-state index in [2.05, 4.69) is 4.98 Å². The Morgan fingerprint density at radius 3 is 2.71 bits per heavy atom. The van der Waals surface area contributed by atoms with E-state index < -0.39 is 5.97 Å². The molecule has 6 nitrogen and oxygen atoms in total. The first-order valence-corrected chi connectivity index (χ1v) is 7.61. The molecule has 1 N–H and O–H groups in total.